The summed E-state index contributed by atoms with van der Waals surface area (Å²) in [5.74, 6) is 0. The highest BCUT2D eigenvalue weighted by molar-refractivity contribution is 7.21. The molecule has 0 saturated carbocycles. The first-order valence-electron chi connectivity index (χ1n) is 5.78. The third-order valence-electron chi connectivity index (χ3n) is 2.88. The second kappa shape index (κ2) is 5.04. The summed E-state index contributed by atoms with van der Waals surface area (Å²) in [6.45, 7) is 0. The Bertz CT molecular complexity index is 846. The number of hydrogen-bond donors (Lipinski definition) is 0. The predicted molar refractivity (Wildman–Crippen MR) is 80.0 cm³/mol. The molecule has 0 aliphatic carbocycles. The number of carbonyl (C=O) groups excluding carboxylic acids is 1. The molecule has 0 unspecified atom stereocenters. The minimum atomic E-state index is -0.473. The summed E-state index contributed by atoms with van der Waals surface area (Å²) in [6, 6.07) is 14.5. The lowest BCUT2D eigenvalue weighted by molar-refractivity contribution is 0.108. The van der Waals surface area contributed by atoms with Crippen molar-refractivity contribution in [2.45, 2.75) is 0 Å². The van der Waals surface area contributed by atoms with Gasteiger partial charge in [-0.2, -0.15) is 5.26 Å². The number of rotatable bonds is 2. The van der Waals surface area contributed by atoms with E-state index in [2.05, 4.69) is 11.1 Å². The molecule has 0 aliphatic rings. The molecule has 0 fully saturated rings. The van der Waals surface area contributed by atoms with Crippen LogP contribution in [0.1, 0.15) is 15.9 Å². The van der Waals surface area contributed by atoms with Crippen molar-refractivity contribution in [1.29, 1.82) is 5.26 Å². The molecule has 3 nitrogen and oxygen atoms in total. The van der Waals surface area contributed by atoms with Crippen LogP contribution in [0.5, 0.6) is 0 Å². The van der Waals surface area contributed by atoms with E-state index in [9.17, 15) is 4.79 Å². The van der Waals surface area contributed by atoms with E-state index in [0.717, 1.165) is 20.8 Å². The maximum atomic E-state index is 11.0. The molecule has 96 valence electrons. The Kier molecular flexibility index (Phi) is 3.23. The summed E-state index contributed by atoms with van der Waals surface area (Å²) in [5.41, 5.74) is 2.79. The molecule has 2 aromatic carbocycles. The van der Waals surface area contributed by atoms with Gasteiger partial charge < -0.3 is 0 Å². The highest BCUT2D eigenvalue weighted by Crippen LogP contribution is 2.30. The molecular weight excluding hydrogens is 292 g/mol. The first-order valence-corrected chi connectivity index (χ1v) is 6.98. The summed E-state index contributed by atoms with van der Waals surface area (Å²) in [4.78, 5) is 15.5. The summed E-state index contributed by atoms with van der Waals surface area (Å²) in [7, 11) is 0. The number of thiazole rings is 1. The standard InChI is InChI=1S/C15H7ClN2OS/c16-14(19)10-2-4-11(5-3-10)15-18-12-7-9(8-17)1-6-13(12)20-15/h1-7H. The van der Waals surface area contributed by atoms with Gasteiger partial charge in [0.05, 0.1) is 21.8 Å². The summed E-state index contributed by atoms with van der Waals surface area (Å²) in [5, 5.41) is 9.26. The predicted octanol–water partition coefficient (Wildman–Crippen LogP) is 4.21. The largest absolute Gasteiger partial charge is 0.276 e. The molecule has 0 radical (unpaired) electrons. The van der Waals surface area contributed by atoms with Gasteiger partial charge >= 0.3 is 0 Å². The number of nitrogens with zero attached hydrogens (tertiary/aromatic N) is 2. The third-order valence-corrected chi connectivity index (χ3v) is 4.18. The van der Waals surface area contributed by atoms with Crippen molar-refractivity contribution in [3.8, 4) is 16.6 Å². The Morgan fingerprint density at radius 3 is 2.60 bits per heavy atom. The number of aromatic nitrogens is 1. The number of fused-ring (bicyclic) bond motifs is 1. The topological polar surface area (TPSA) is 53.8 Å². The normalized spacial score (nSPS) is 10.4. The van der Waals surface area contributed by atoms with Crippen LogP contribution in [0.3, 0.4) is 0 Å². The number of hydrogen-bond acceptors (Lipinski definition) is 4. The molecule has 3 aromatic rings. The molecular formula is C15H7ClN2OS. The van der Waals surface area contributed by atoms with Crippen molar-refractivity contribution < 1.29 is 4.79 Å². The van der Waals surface area contributed by atoms with Crippen LogP contribution < -0.4 is 0 Å². The summed E-state index contributed by atoms with van der Waals surface area (Å²) in [6.07, 6.45) is 0. The van der Waals surface area contributed by atoms with Gasteiger partial charge in [-0.05, 0) is 41.9 Å². The molecule has 0 bridgehead atoms. The first-order chi connectivity index (χ1) is 9.67. The second-order valence-corrected chi connectivity index (χ2v) is 5.54. The highest BCUT2D eigenvalue weighted by Gasteiger charge is 2.08. The Hall–Kier alpha value is -2.22. The first kappa shape index (κ1) is 12.8. The zero-order valence-corrected chi connectivity index (χ0v) is 11.7. The molecule has 0 atom stereocenters. The van der Waals surface area contributed by atoms with Gasteiger partial charge in [0.25, 0.3) is 5.24 Å². The fraction of sp³-hybridized carbons (Fsp3) is 0. The Morgan fingerprint density at radius 2 is 1.95 bits per heavy atom. The fourth-order valence-electron chi connectivity index (χ4n) is 1.86. The van der Waals surface area contributed by atoms with E-state index in [1.165, 1.54) is 0 Å². The number of nitriles is 1. The van der Waals surface area contributed by atoms with Crippen LogP contribution >= 0.6 is 22.9 Å². The van der Waals surface area contributed by atoms with Crippen LogP contribution in [0.2, 0.25) is 0 Å². The zero-order chi connectivity index (χ0) is 14.1. The van der Waals surface area contributed by atoms with Gasteiger partial charge in [0.15, 0.2) is 0 Å². The SMILES string of the molecule is N#Cc1ccc2sc(-c3ccc(C(=O)Cl)cc3)nc2c1. The van der Waals surface area contributed by atoms with E-state index in [-0.39, 0.29) is 0 Å². The van der Waals surface area contributed by atoms with E-state index in [4.69, 9.17) is 16.9 Å². The van der Waals surface area contributed by atoms with E-state index in [0.29, 0.717) is 11.1 Å². The number of carbonyl (C=O) groups is 1. The van der Waals surface area contributed by atoms with Crippen LogP contribution in [0.4, 0.5) is 0 Å². The number of benzene rings is 2. The van der Waals surface area contributed by atoms with Gasteiger partial charge in [0, 0.05) is 11.1 Å². The maximum Gasteiger partial charge on any atom is 0.252 e. The third kappa shape index (κ3) is 2.29. The van der Waals surface area contributed by atoms with E-state index in [1.807, 2.05) is 18.2 Å². The average molecular weight is 299 g/mol. The van der Waals surface area contributed by atoms with Crippen LogP contribution in [-0.2, 0) is 0 Å². The molecule has 1 aromatic heterocycles. The van der Waals surface area contributed by atoms with E-state index >= 15 is 0 Å². The van der Waals surface area contributed by atoms with Crippen LogP contribution in [0.25, 0.3) is 20.8 Å². The number of halogens is 1. The monoisotopic (exact) mass is 298 g/mol. The average Bonchev–Trinajstić information content (AvgIpc) is 2.90. The molecule has 20 heavy (non-hydrogen) atoms. The highest BCUT2D eigenvalue weighted by atomic mass is 35.5. The van der Waals surface area contributed by atoms with Gasteiger partial charge in [0.2, 0.25) is 0 Å². The van der Waals surface area contributed by atoms with Gasteiger partial charge in [-0.25, -0.2) is 4.98 Å². The molecule has 0 N–H and O–H groups in total. The molecule has 0 amide bonds. The minimum absolute atomic E-state index is 0.461. The van der Waals surface area contributed by atoms with Gasteiger partial charge in [0.1, 0.15) is 5.01 Å². The van der Waals surface area contributed by atoms with Crippen LogP contribution in [0, 0.1) is 11.3 Å². The zero-order valence-electron chi connectivity index (χ0n) is 10.1. The lowest BCUT2D eigenvalue weighted by Crippen LogP contribution is -1.87. The van der Waals surface area contributed by atoms with Gasteiger partial charge in [-0.15, -0.1) is 11.3 Å². The van der Waals surface area contributed by atoms with Gasteiger partial charge in [-0.3, -0.25) is 4.79 Å². The van der Waals surface area contributed by atoms with Crippen LogP contribution in [-0.4, -0.2) is 10.2 Å². The fourth-order valence-corrected chi connectivity index (χ4v) is 2.94. The van der Waals surface area contributed by atoms with Crippen molar-refractivity contribution in [3.63, 3.8) is 0 Å². The lowest BCUT2D eigenvalue weighted by atomic mass is 10.1. The lowest BCUT2D eigenvalue weighted by Gasteiger charge is -1.97. The van der Waals surface area contributed by atoms with Gasteiger partial charge in [-0.1, -0.05) is 12.1 Å². The molecule has 0 aliphatic heterocycles. The minimum Gasteiger partial charge on any atom is -0.276 e. The second-order valence-electron chi connectivity index (χ2n) is 4.16. The Labute approximate surface area is 124 Å². The van der Waals surface area contributed by atoms with Crippen molar-refractivity contribution in [2.24, 2.45) is 0 Å². The smallest absolute Gasteiger partial charge is 0.252 e. The summed E-state index contributed by atoms with van der Waals surface area (Å²) < 4.78 is 1.02. The molecule has 0 spiro atoms. The van der Waals surface area contributed by atoms with Crippen LogP contribution in [0.15, 0.2) is 42.5 Å². The maximum absolute atomic E-state index is 11.0. The Morgan fingerprint density at radius 1 is 1.20 bits per heavy atom. The van der Waals surface area contributed by atoms with Crippen molar-refractivity contribution in [2.75, 3.05) is 0 Å². The molecule has 5 heteroatoms. The van der Waals surface area contributed by atoms with Crippen molar-refractivity contribution in [3.05, 3.63) is 53.6 Å². The van der Waals surface area contributed by atoms with Crippen molar-refractivity contribution in [1.82, 2.24) is 4.98 Å². The van der Waals surface area contributed by atoms with E-state index in [1.54, 1.807) is 35.6 Å². The van der Waals surface area contributed by atoms with E-state index < -0.39 is 5.24 Å². The molecule has 1 heterocycles. The molecule has 0 saturated heterocycles. The summed E-state index contributed by atoms with van der Waals surface area (Å²) >= 11 is 6.96. The molecule has 3 rings (SSSR count). The Balaban J connectivity index is 2.05. The quantitative estimate of drug-likeness (QED) is 0.666. The van der Waals surface area contributed by atoms with Crippen molar-refractivity contribution >= 4 is 38.4 Å².